The molecular weight excluding hydrogens is 292 g/mol. The fraction of sp³-hybridized carbons (Fsp3) is 0.400. The third kappa shape index (κ3) is 2.01. The van der Waals surface area contributed by atoms with Gasteiger partial charge in [-0.15, -0.1) is 10.2 Å². The van der Waals surface area contributed by atoms with Crippen molar-refractivity contribution in [2.45, 2.75) is 39.3 Å². The first-order chi connectivity index (χ1) is 11.2. The number of fused-ring (bicyclic) bond motifs is 3. The molecule has 4 heterocycles. The van der Waals surface area contributed by atoms with Gasteiger partial charge in [0.25, 0.3) is 0 Å². The lowest BCUT2D eigenvalue weighted by molar-refractivity contribution is 0.497. The Kier molecular flexibility index (Phi) is 3.10. The number of imidazole rings is 1. The van der Waals surface area contributed by atoms with Crippen LogP contribution in [-0.4, -0.2) is 40.3 Å². The van der Waals surface area contributed by atoms with Gasteiger partial charge in [0.05, 0.1) is 12.2 Å². The standard InChI is InChI=1S/C15H18N8/c1-4-11-14-20-18-9-22(14)12-7-17-15(21-6-5-16-8-21)19-13(12)23(11)10(2)3/h5-11H,4H2,1-3H3/t11-/m1/s1. The summed E-state index contributed by atoms with van der Waals surface area (Å²) < 4.78 is 3.79. The van der Waals surface area contributed by atoms with Gasteiger partial charge in [0.15, 0.2) is 11.6 Å². The van der Waals surface area contributed by atoms with E-state index >= 15 is 0 Å². The molecule has 0 amide bonds. The van der Waals surface area contributed by atoms with E-state index < -0.39 is 0 Å². The number of hydrogen-bond acceptors (Lipinski definition) is 6. The molecule has 0 fully saturated rings. The lowest BCUT2D eigenvalue weighted by atomic mass is 10.1. The van der Waals surface area contributed by atoms with E-state index in [0.717, 1.165) is 23.8 Å². The first-order valence-electron chi connectivity index (χ1n) is 7.74. The summed E-state index contributed by atoms with van der Waals surface area (Å²) in [7, 11) is 0. The van der Waals surface area contributed by atoms with Gasteiger partial charge in [-0.3, -0.25) is 9.13 Å². The average Bonchev–Trinajstić information content (AvgIpc) is 3.23. The minimum Gasteiger partial charge on any atom is -0.342 e. The molecule has 0 saturated carbocycles. The highest BCUT2D eigenvalue weighted by molar-refractivity contribution is 5.62. The molecule has 1 atom stereocenters. The lowest BCUT2D eigenvalue weighted by Crippen LogP contribution is -2.40. The molecular formula is C15H18N8. The minimum atomic E-state index is 0.149. The van der Waals surface area contributed by atoms with Crippen molar-refractivity contribution in [3.05, 3.63) is 37.1 Å². The molecule has 1 aliphatic rings. The van der Waals surface area contributed by atoms with Crippen molar-refractivity contribution >= 4 is 5.82 Å². The van der Waals surface area contributed by atoms with Crippen LogP contribution in [0.5, 0.6) is 0 Å². The molecule has 8 heteroatoms. The molecule has 3 aromatic rings. The highest BCUT2D eigenvalue weighted by Gasteiger charge is 2.35. The molecule has 118 valence electrons. The number of nitrogens with zero attached hydrogens (tertiary/aromatic N) is 8. The topological polar surface area (TPSA) is 77.5 Å². The van der Waals surface area contributed by atoms with Crippen molar-refractivity contribution in [2.24, 2.45) is 0 Å². The predicted molar refractivity (Wildman–Crippen MR) is 84.7 cm³/mol. The Balaban J connectivity index is 1.94. The molecule has 0 bridgehead atoms. The normalized spacial score (nSPS) is 16.5. The van der Waals surface area contributed by atoms with E-state index in [1.54, 1.807) is 23.4 Å². The van der Waals surface area contributed by atoms with Crippen LogP contribution < -0.4 is 4.90 Å². The maximum Gasteiger partial charge on any atom is 0.236 e. The largest absolute Gasteiger partial charge is 0.342 e. The second kappa shape index (κ2) is 5.15. The molecule has 0 spiro atoms. The van der Waals surface area contributed by atoms with Gasteiger partial charge in [0, 0.05) is 18.4 Å². The Morgan fingerprint density at radius 2 is 2.13 bits per heavy atom. The van der Waals surface area contributed by atoms with Gasteiger partial charge < -0.3 is 4.90 Å². The average molecular weight is 310 g/mol. The first-order valence-corrected chi connectivity index (χ1v) is 7.74. The maximum atomic E-state index is 4.80. The molecule has 0 aliphatic carbocycles. The number of aromatic nitrogens is 7. The van der Waals surface area contributed by atoms with Crippen molar-refractivity contribution in [3.63, 3.8) is 0 Å². The summed E-state index contributed by atoms with van der Waals surface area (Å²) in [6.07, 6.45) is 9.74. The quantitative estimate of drug-likeness (QED) is 0.735. The van der Waals surface area contributed by atoms with E-state index in [2.05, 4.69) is 45.8 Å². The summed E-state index contributed by atoms with van der Waals surface area (Å²) in [5.41, 5.74) is 0.910. The number of hydrogen-bond donors (Lipinski definition) is 0. The van der Waals surface area contributed by atoms with Gasteiger partial charge >= 0.3 is 0 Å². The van der Waals surface area contributed by atoms with Crippen molar-refractivity contribution in [1.82, 2.24) is 34.3 Å². The zero-order valence-electron chi connectivity index (χ0n) is 13.3. The van der Waals surface area contributed by atoms with Gasteiger partial charge in [0.2, 0.25) is 5.95 Å². The second-order valence-corrected chi connectivity index (χ2v) is 5.83. The van der Waals surface area contributed by atoms with Crippen LogP contribution in [0.25, 0.3) is 11.6 Å². The van der Waals surface area contributed by atoms with Crippen LogP contribution in [0, 0.1) is 0 Å². The van der Waals surface area contributed by atoms with Crippen molar-refractivity contribution in [3.8, 4) is 11.6 Å². The second-order valence-electron chi connectivity index (χ2n) is 5.83. The summed E-state index contributed by atoms with van der Waals surface area (Å²) in [6.45, 7) is 6.48. The van der Waals surface area contributed by atoms with Crippen molar-refractivity contribution < 1.29 is 0 Å². The van der Waals surface area contributed by atoms with Crippen molar-refractivity contribution in [2.75, 3.05) is 4.90 Å². The van der Waals surface area contributed by atoms with Crippen LogP contribution >= 0.6 is 0 Å². The highest BCUT2D eigenvalue weighted by atomic mass is 15.4. The Labute approximate surface area is 133 Å². The van der Waals surface area contributed by atoms with E-state index in [4.69, 9.17) is 4.98 Å². The van der Waals surface area contributed by atoms with Crippen LogP contribution in [-0.2, 0) is 0 Å². The summed E-state index contributed by atoms with van der Waals surface area (Å²) in [5.74, 6) is 2.45. The molecule has 0 aromatic carbocycles. The van der Waals surface area contributed by atoms with Gasteiger partial charge in [-0.2, -0.15) is 4.98 Å². The molecule has 0 saturated heterocycles. The molecule has 1 aliphatic heterocycles. The molecule has 8 nitrogen and oxygen atoms in total. The zero-order chi connectivity index (χ0) is 16.0. The number of anilines is 1. The first kappa shape index (κ1) is 13.9. The van der Waals surface area contributed by atoms with Gasteiger partial charge in [0.1, 0.15) is 18.3 Å². The molecule has 0 unspecified atom stereocenters. The van der Waals surface area contributed by atoms with E-state index in [1.807, 2.05) is 17.0 Å². The van der Waals surface area contributed by atoms with Gasteiger partial charge in [-0.1, -0.05) is 6.92 Å². The van der Waals surface area contributed by atoms with E-state index in [1.165, 1.54) is 0 Å². The Morgan fingerprint density at radius 3 is 2.83 bits per heavy atom. The smallest absolute Gasteiger partial charge is 0.236 e. The fourth-order valence-electron chi connectivity index (χ4n) is 3.13. The lowest BCUT2D eigenvalue weighted by Gasteiger charge is -2.39. The SMILES string of the molecule is CC[C@@H]1c2nncn2-c2cnc(-n3ccnc3)nc2N1C(C)C. The zero-order valence-corrected chi connectivity index (χ0v) is 13.3. The molecule has 0 N–H and O–H groups in total. The summed E-state index contributed by atoms with van der Waals surface area (Å²) in [5, 5.41) is 8.40. The molecule has 0 radical (unpaired) electrons. The minimum absolute atomic E-state index is 0.149. The van der Waals surface area contributed by atoms with E-state index in [9.17, 15) is 0 Å². The van der Waals surface area contributed by atoms with E-state index in [-0.39, 0.29) is 12.1 Å². The van der Waals surface area contributed by atoms with Gasteiger partial charge in [-0.05, 0) is 20.3 Å². The predicted octanol–water partition coefficient (Wildman–Crippen LogP) is 1.92. The summed E-state index contributed by atoms with van der Waals surface area (Å²) >= 11 is 0. The van der Waals surface area contributed by atoms with Crippen LogP contribution in [0.4, 0.5) is 5.82 Å². The third-order valence-corrected chi connectivity index (χ3v) is 4.13. The molecule has 4 rings (SSSR count). The van der Waals surface area contributed by atoms with Crippen LogP contribution in [0.2, 0.25) is 0 Å². The summed E-state index contributed by atoms with van der Waals surface area (Å²) in [4.78, 5) is 15.6. The van der Waals surface area contributed by atoms with Gasteiger partial charge in [-0.25, -0.2) is 9.97 Å². The third-order valence-electron chi connectivity index (χ3n) is 4.13. The Hall–Kier alpha value is -2.77. The summed E-state index contributed by atoms with van der Waals surface area (Å²) in [6, 6.07) is 0.435. The highest BCUT2D eigenvalue weighted by Crippen LogP contribution is 2.38. The Morgan fingerprint density at radius 1 is 1.26 bits per heavy atom. The van der Waals surface area contributed by atoms with Crippen LogP contribution in [0.3, 0.4) is 0 Å². The molecule has 3 aromatic heterocycles. The maximum absolute atomic E-state index is 4.80. The monoisotopic (exact) mass is 310 g/mol. The Bertz CT molecular complexity index is 820. The van der Waals surface area contributed by atoms with Crippen LogP contribution in [0.1, 0.15) is 39.1 Å². The number of rotatable bonds is 3. The fourth-order valence-corrected chi connectivity index (χ4v) is 3.13. The van der Waals surface area contributed by atoms with E-state index in [0.29, 0.717) is 5.95 Å². The molecule has 23 heavy (non-hydrogen) atoms. The van der Waals surface area contributed by atoms with Crippen molar-refractivity contribution in [1.29, 1.82) is 0 Å². The van der Waals surface area contributed by atoms with Crippen LogP contribution in [0.15, 0.2) is 31.2 Å².